The van der Waals surface area contributed by atoms with E-state index in [0.29, 0.717) is 0 Å². The van der Waals surface area contributed by atoms with Crippen LogP contribution in [0, 0.1) is 0 Å². The van der Waals surface area contributed by atoms with E-state index in [1.807, 2.05) is 0 Å². The summed E-state index contributed by atoms with van der Waals surface area (Å²) in [6.07, 6.45) is 0. The highest BCUT2D eigenvalue weighted by atomic mass is 16.5. The van der Waals surface area contributed by atoms with Crippen molar-refractivity contribution < 1.29 is 34.1 Å². The fourth-order valence-electron chi connectivity index (χ4n) is 1.38. The zero-order valence-electron chi connectivity index (χ0n) is 11.1. The molecular weight excluding hydrogens is 298 g/mol. The first-order chi connectivity index (χ1) is 10.4. The number of hydrogen-bond donors (Lipinski definition) is 2. The van der Waals surface area contributed by atoms with Crippen LogP contribution in [0.1, 0.15) is 10.4 Å². The first kappa shape index (κ1) is 16.8. The number of azide groups is 1. The molecule has 0 amide bonds. The van der Waals surface area contributed by atoms with Crippen LogP contribution in [0.25, 0.3) is 10.4 Å². The summed E-state index contributed by atoms with van der Waals surface area (Å²) in [5.41, 5.74) is 8.28. The molecule has 1 aromatic rings. The van der Waals surface area contributed by atoms with Crippen LogP contribution in [-0.4, -0.2) is 47.7 Å². The third kappa shape index (κ3) is 5.39. The summed E-state index contributed by atoms with van der Waals surface area (Å²) in [4.78, 5) is 35.2. The van der Waals surface area contributed by atoms with Gasteiger partial charge in [0.15, 0.2) is 30.5 Å². The smallest absolute Gasteiger partial charge is 0.341 e. The molecule has 0 atom stereocenters. The van der Waals surface area contributed by atoms with Crippen molar-refractivity contribution >= 4 is 17.7 Å². The number of carboxylic acids is 2. The Bertz CT molecular complexity index is 638. The Balaban J connectivity index is 3.01. The lowest BCUT2D eigenvalue weighted by molar-refractivity contribution is -0.140. The summed E-state index contributed by atoms with van der Waals surface area (Å²) in [5, 5.41) is 20.3. The van der Waals surface area contributed by atoms with E-state index in [0.717, 1.165) is 0 Å². The fourth-order valence-corrected chi connectivity index (χ4v) is 1.38. The summed E-state index contributed by atoms with van der Waals surface area (Å²) in [7, 11) is 0. The average molecular weight is 309 g/mol. The Labute approximate surface area is 123 Å². The molecule has 0 spiro atoms. The Morgan fingerprint density at radius 3 is 2.23 bits per heavy atom. The monoisotopic (exact) mass is 309 g/mol. The summed E-state index contributed by atoms with van der Waals surface area (Å²) in [5.74, 6) is -3.12. The second kappa shape index (κ2) is 8.12. The van der Waals surface area contributed by atoms with Gasteiger partial charge >= 0.3 is 11.9 Å². The predicted octanol–water partition coefficient (Wildman–Crippen LogP) is 1.11. The summed E-state index contributed by atoms with van der Waals surface area (Å²) >= 11 is 0. The molecule has 0 fully saturated rings. The average Bonchev–Trinajstić information content (AvgIpc) is 2.48. The Kier molecular flexibility index (Phi) is 6.20. The number of ether oxygens (including phenoxy) is 2. The second-order valence-corrected chi connectivity index (χ2v) is 3.84. The molecule has 116 valence electrons. The number of carbonyl (C=O) groups excluding carboxylic acids is 1. The largest absolute Gasteiger partial charge is 0.479 e. The lowest BCUT2D eigenvalue weighted by Crippen LogP contribution is -2.13. The molecule has 10 heteroatoms. The van der Waals surface area contributed by atoms with E-state index >= 15 is 0 Å². The number of benzene rings is 1. The van der Waals surface area contributed by atoms with Crippen molar-refractivity contribution in [2.45, 2.75) is 0 Å². The highest BCUT2D eigenvalue weighted by molar-refractivity contribution is 5.98. The van der Waals surface area contributed by atoms with Crippen molar-refractivity contribution in [2.75, 3.05) is 19.8 Å². The molecule has 22 heavy (non-hydrogen) atoms. The van der Waals surface area contributed by atoms with Gasteiger partial charge < -0.3 is 19.7 Å². The van der Waals surface area contributed by atoms with Gasteiger partial charge in [0.1, 0.15) is 0 Å². The number of nitrogens with zero attached hydrogens (tertiary/aromatic N) is 3. The van der Waals surface area contributed by atoms with Crippen LogP contribution in [0.15, 0.2) is 23.3 Å². The maximum atomic E-state index is 11.7. The van der Waals surface area contributed by atoms with Crippen LogP contribution >= 0.6 is 0 Å². The van der Waals surface area contributed by atoms with E-state index in [9.17, 15) is 14.4 Å². The van der Waals surface area contributed by atoms with Crippen molar-refractivity contribution in [1.29, 1.82) is 0 Å². The first-order valence-corrected chi connectivity index (χ1v) is 5.81. The molecule has 0 aliphatic rings. The van der Waals surface area contributed by atoms with Crippen molar-refractivity contribution in [2.24, 2.45) is 5.11 Å². The zero-order valence-corrected chi connectivity index (χ0v) is 11.1. The quantitative estimate of drug-likeness (QED) is 0.299. The number of carbonyl (C=O) groups is 3. The number of Topliss-reactive ketones (excluding diaryl/α,β-unsaturated/α-hetero) is 1. The van der Waals surface area contributed by atoms with Crippen LogP contribution in [0.3, 0.4) is 0 Å². The zero-order chi connectivity index (χ0) is 16.5. The topological polar surface area (TPSA) is 159 Å². The molecule has 10 nitrogen and oxygen atoms in total. The van der Waals surface area contributed by atoms with Crippen molar-refractivity contribution in [3.63, 3.8) is 0 Å². The third-order valence-electron chi connectivity index (χ3n) is 2.25. The molecule has 0 aliphatic carbocycles. The van der Waals surface area contributed by atoms with E-state index in [1.54, 1.807) is 0 Å². The number of ketones is 1. The van der Waals surface area contributed by atoms with E-state index in [-0.39, 0.29) is 17.1 Å². The van der Waals surface area contributed by atoms with Gasteiger partial charge in [-0.05, 0) is 23.7 Å². The van der Waals surface area contributed by atoms with Crippen LogP contribution in [0.4, 0.5) is 0 Å². The van der Waals surface area contributed by atoms with Gasteiger partial charge in [0.05, 0.1) is 6.54 Å². The molecule has 2 N–H and O–H groups in total. The number of hydrogen-bond acceptors (Lipinski definition) is 6. The number of carboxylic acid groups (broad SMARTS) is 2. The molecule has 0 unspecified atom stereocenters. The Morgan fingerprint density at radius 1 is 1.09 bits per heavy atom. The number of aliphatic carboxylic acids is 2. The molecule has 0 aromatic heterocycles. The first-order valence-electron chi connectivity index (χ1n) is 5.81. The van der Waals surface area contributed by atoms with Crippen molar-refractivity contribution in [3.05, 3.63) is 34.2 Å². The van der Waals surface area contributed by atoms with Crippen molar-refractivity contribution in [1.82, 2.24) is 0 Å². The molecular formula is C12H11N3O7. The lowest BCUT2D eigenvalue weighted by atomic mass is 10.1. The maximum absolute atomic E-state index is 11.7. The SMILES string of the molecule is [N-]=[N+]=NCC(=O)c1ccc(OCC(=O)O)c(OCC(=O)O)c1. The minimum absolute atomic E-state index is 0.0241. The molecule has 0 heterocycles. The van der Waals surface area contributed by atoms with Crippen LogP contribution in [-0.2, 0) is 9.59 Å². The Hall–Kier alpha value is -3.26. The highest BCUT2D eigenvalue weighted by Crippen LogP contribution is 2.28. The van der Waals surface area contributed by atoms with Gasteiger partial charge in [-0.1, -0.05) is 5.11 Å². The van der Waals surface area contributed by atoms with Gasteiger partial charge in [-0.2, -0.15) is 0 Å². The minimum atomic E-state index is -1.25. The van der Waals surface area contributed by atoms with Gasteiger partial charge in [-0.15, -0.1) is 0 Å². The van der Waals surface area contributed by atoms with E-state index in [4.69, 9.17) is 25.2 Å². The molecule has 0 aliphatic heterocycles. The van der Waals surface area contributed by atoms with Gasteiger partial charge in [-0.3, -0.25) is 4.79 Å². The summed E-state index contributed by atoms with van der Waals surface area (Å²) < 4.78 is 9.89. The van der Waals surface area contributed by atoms with Crippen molar-refractivity contribution in [3.8, 4) is 11.5 Å². The number of rotatable bonds is 9. The molecule has 0 saturated heterocycles. The maximum Gasteiger partial charge on any atom is 0.341 e. The van der Waals surface area contributed by atoms with Crippen LogP contribution in [0.2, 0.25) is 0 Å². The summed E-state index contributed by atoms with van der Waals surface area (Å²) in [6, 6.07) is 3.78. The van der Waals surface area contributed by atoms with Gasteiger partial charge in [-0.25, -0.2) is 9.59 Å². The van der Waals surface area contributed by atoms with E-state index in [1.165, 1.54) is 18.2 Å². The van der Waals surface area contributed by atoms with E-state index in [2.05, 4.69) is 10.0 Å². The molecule has 0 saturated carbocycles. The third-order valence-corrected chi connectivity index (χ3v) is 2.25. The minimum Gasteiger partial charge on any atom is -0.479 e. The highest BCUT2D eigenvalue weighted by Gasteiger charge is 2.13. The van der Waals surface area contributed by atoms with Gasteiger partial charge in [0.25, 0.3) is 0 Å². The second-order valence-electron chi connectivity index (χ2n) is 3.84. The van der Waals surface area contributed by atoms with Crippen LogP contribution in [0.5, 0.6) is 11.5 Å². The molecule has 1 rings (SSSR count). The van der Waals surface area contributed by atoms with Gasteiger partial charge in [0, 0.05) is 10.5 Å². The van der Waals surface area contributed by atoms with Gasteiger partial charge in [0.2, 0.25) is 0 Å². The lowest BCUT2D eigenvalue weighted by Gasteiger charge is -2.11. The van der Waals surface area contributed by atoms with Crippen LogP contribution < -0.4 is 9.47 Å². The summed E-state index contributed by atoms with van der Waals surface area (Å²) in [6.45, 7) is -1.77. The molecule has 1 aromatic carbocycles. The molecule has 0 bridgehead atoms. The molecule has 0 radical (unpaired) electrons. The standard InChI is InChI=1S/C12H11N3O7/c13-15-14-4-8(16)7-1-2-9(21-5-11(17)18)10(3-7)22-6-12(19)20/h1-3H,4-6H2,(H,17,18)(H,19,20). The predicted molar refractivity (Wildman–Crippen MR) is 71.0 cm³/mol. The normalized spacial score (nSPS) is 9.45. The fraction of sp³-hybridized carbons (Fsp3) is 0.250. The Morgan fingerprint density at radius 2 is 1.68 bits per heavy atom. The van der Waals surface area contributed by atoms with E-state index < -0.39 is 37.5 Å².